The van der Waals surface area contributed by atoms with Gasteiger partial charge in [0.1, 0.15) is 24.1 Å². The standard InChI is InChI=1S/C21H18F3N3O/c22-16-5-2-6-17(23)15(16)11-28-21-13(12-3-1-4-12)7-8-14(20(21)24)18-9-27-19(25)10-26-18/h2,5-10,12H,1,3-4,11H2,(H2,25,27). The van der Waals surface area contributed by atoms with Gasteiger partial charge in [0.2, 0.25) is 0 Å². The zero-order valence-corrected chi connectivity index (χ0v) is 15.0. The average Bonchev–Trinajstić information content (AvgIpc) is 2.63. The largest absolute Gasteiger partial charge is 0.485 e. The summed E-state index contributed by atoms with van der Waals surface area (Å²) < 4.78 is 48.8. The number of hydrogen-bond donors (Lipinski definition) is 1. The molecule has 0 radical (unpaired) electrons. The maximum atomic E-state index is 15.3. The average molecular weight is 385 g/mol. The van der Waals surface area contributed by atoms with Crippen LogP contribution >= 0.6 is 0 Å². The molecule has 3 aromatic rings. The molecule has 0 unspecified atom stereocenters. The molecule has 7 heteroatoms. The summed E-state index contributed by atoms with van der Waals surface area (Å²) in [5, 5.41) is 0. The van der Waals surface area contributed by atoms with Gasteiger partial charge in [-0.25, -0.2) is 18.2 Å². The van der Waals surface area contributed by atoms with E-state index in [0.29, 0.717) is 11.3 Å². The number of ether oxygens (including phenoxy) is 1. The van der Waals surface area contributed by atoms with Crippen LogP contribution in [0.25, 0.3) is 11.3 Å². The van der Waals surface area contributed by atoms with Crippen molar-refractivity contribution in [2.24, 2.45) is 0 Å². The van der Waals surface area contributed by atoms with Crippen molar-refractivity contribution in [2.45, 2.75) is 31.8 Å². The Labute approximate surface area is 160 Å². The van der Waals surface area contributed by atoms with Crippen LogP contribution in [0.3, 0.4) is 0 Å². The maximum absolute atomic E-state index is 15.3. The Morgan fingerprint density at radius 2 is 1.75 bits per heavy atom. The highest BCUT2D eigenvalue weighted by molar-refractivity contribution is 5.64. The normalized spacial score (nSPS) is 14.0. The zero-order chi connectivity index (χ0) is 19.7. The fraction of sp³-hybridized carbons (Fsp3) is 0.238. The van der Waals surface area contributed by atoms with Crippen LogP contribution in [0, 0.1) is 17.5 Å². The van der Waals surface area contributed by atoms with E-state index in [1.807, 2.05) is 0 Å². The van der Waals surface area contributed by atoms with Crippen LogP contribution in [0.15, 0.2) is 42.7 Å². The summed E-state index contributed by atoms with van der Waals surface area (Å²) in [6, 6.07) is 6.97. The third-order valence-electron chi connectivity index (χ3n) is 5.04. The molecule has 1 heterocycles. The Hall–Kier alpha value is -3.09. The minimum Gasteiger partial charge on any atom is -0.485 e. The van der Waals surface area contributed by atoms with Crippen molar-refractivity contribution in [1.29, 1.82) is 0 Å². The Morgan fingerprint density at radius 3 is 2.36 bits per heavy atom. The fourth-order valence-electron chi connectivity index (χ4n) is 3.25. The van der Waals surface area contributed by atoms with E-state index in [1.54, 1.807) is 12.1 Å². The minimum atomic E-state index is -0.730. The second-order valence-corrected chi connectivity index (χ2v) is 6.79. The van der Waals surface area contributed by atoms with Gasteiger partial charge < -0.3 is 10.5 Å². The smallest absolute Gasteiger partial charge is 0.174 e. The van der Waals surface area contributed by atoms with Crippen LogP contribution in [0.5, 0.6) is 5.75 Å². The number of nitrogens with two attached hydrogens (primary N) is 1. The minimum absolute atomic E-state index is 0.00322. The monoisotopic (exact) mass is 385 g/mol. The summed E-state index contributed by atoms with van der Waals surface area (Å²) in [7, 11) is 0. The number of nitrogen functional groups attached to an aromatic ring is 1. The summed E-state index contributed by atoms with van der Waals surface area (Å²) in [6.45, 7) is -0.411. The van der Waals surface area contributed by atoms with E-state index in [0.717, 1.165) is 31.4 Å². The van der Waals surface area contributed by atoms with Gasteiger partial charge in [0.25, 0.3) is 0 Å². The van der Waals surface area contributed by atoms with E-state index in [9.17, 15) is 8.78 Å². The highest BCUT2D eigenvalue weighted by Gasteiger charge is 2.27. The third-order valence-corrected chi connectivity index (χ3v) is 5.04. The third kappa shape index (κ3) is 3.40. The molecular weight excluding hydrogens is 367 g/mol. The lowest BCUT2D eigenvalue weighted by Crippen LogP contribution is -2.13. The van der Waals surface area contributed by atoms with Crippen molar-refractivity contribution in [3.63, 3.8) is 0 Å². The maximum Gasteiger partial charge on any atom is 0.174 e. The van der Waals surface area contributed by atoms with Crippen molar-refractivity contribution in [3.05, 3.63) is 71.3 Å². The molecule has 4 rings (SSSR count). The van der Waals surface area contributed by atoms with Gasteiger partial charge in [0, 0.05) is 11.1 Å². The van der Waals surface area contributed by atoms with E-state index in [4.69, 9.17) is 10.5 Å². The lowest BCUT2D eigenvalue weighted by atomic mass is 9.79. The first-order valence-corrected chi connectivity index (χ1v) is 9.00. The Kier molecular flexibility index (Phi) is 4.90. The molecule has 0 saturated heterocycles. The van der Waals surface area contributed by atoms with E-state index in [2.05, 4.69) is 9.97 Å². The van der Waals surface area contributed by atoms with Gasteiger partial charge in [-0.15, -0.1) is 0 Å². The van der Waals surface area contributed by atoms with Gasteiger partial charge in [-0.05, 0) is 37.0 Å². The lowest BCUT2D eigenvalue weighted by Gasteiger charge is -2.28. The highest BCUT2D eigenvalue weighted by Crippen LogP contribution is 2.44. The van der Waals surface area contributed by atoms with Crippen LogP contribution in [0.4, 0.5) is 19.0 Å². The van der Waals surface area contributed by atoms with Crippen molar-refractivity contribution >= 4 is 5.82 Å². The highest BCUT2D eigenvalue weighted by atomic mass is 19.1. The van der Waals surface area contributed by atoms with E-state index in [1.165, 1.54) is 18.5 Å². The Bertz CT molecular complexity index is 984. The molecule has 1 aromatic heterocycles. The second-order valence-electron chi connectivity index (χ2n) is 6.79. The summed E-state index contributed by atoms with van der Waals surface area (Å²) in [4.78, 5) is 8.04. The summed E-state index contributed by atoms with van der Waals surface area (Å²) >= 11 is 0. The molecule has 144 valence electrons. The first-order chi connectivity index (χ1) is 13.5. The number of rotatable bonds is 5. The van der Waals surface area contributed by atoms with E-state index < -0.39 is 24.1 Å². The molecule has 0 atom stereocenters. The first kappa shape index (κ1) is 18.3. The molecule has 28 heavy (non-hydrogen) atoms. The van der Waals surface area contributed by atoms with Crippen LogP contribution in [-0.2, 0) is 6.61 Å². The van der Waals surface area contributed by atoms with E-state index >= 15 is 4.39 Å². The van der Waals surface area contributed by atoms with Crippen LogP contribution in [0.1, 0.15) is 36.3 Å². The number of benzene rings is 2. The summed E-state index contributed by atoms with van der Waals surface area (Å²) in [5.41, 5.74) is 6.50. The van der Waals surface area contributed by atoms with Crippen molar-refractivity contribution in [3.8, 4) is 17.0 Å². The quantitative estimate of drug-likeness (QED) is 0.672. The number of nitrogens with zero attached hydrogens (tertiary/aromatic N) is 2. The summed E-state index contributed by atoms with van der Waals surface area (Å²) in [5.74, 6) is -1.69. The molecular formula is C21H18F3N3O. The number of hydrogen-bond acceptors (Lipinski definition) is 4. The molecule has 1 aliphatic carbocycles. The van der Waals surface area contributed by atoms with Crippen molar-refractivity contribution < 1.29 is 17.9 Å². The topological polar surface area (TPSA) is 61.0 Å². The molecule has 1 saturated carbocycles. The molecule has 1 aliphatic rings. The summed E-state index contributed by atoms with van der Waals surface area (Å²) in [6.07, 6.45) is 5.61. The Balaban J connectivity index is 1.72. The lowest BCUT2D eigenvalue weighted by molar-refractivity contribution is 0.268. The van der Waals surface area contributed by atoms with E-state index in [-0.39, 0.29) is 28.6 Å². The van der Waals surface area contributed by atoms with Gasteiger partial charge in [-0.1, -0.05) is 18.6 Å². The molecule has 2 aromatic carbocycles. The van der Waals surface area contributed by atoms with Crippen LogP contribution in [-0.4, -0.2) is 9.97 Å². The molecule has 0 bridgehead atoms. The molecule has 1 fully saturated rings. The molecule has 4 nitrogen and oxygen atoms in total. The van der Waals surface area contributed by atoms with Crippen LogP contribution < -0.4 is 10.5 Å². The van der Waals surface area contributed by atoms with Gasteiger partial charge in [-0.3, -0.25) is 4.98 Å². The Morgan fingerprint density at radius 1 is 1.00 bits per heavy atom. The molecule has 0 spiro atoms. The van der Waals surface area contributed by atoms with Gasteiger partial charge >= 0.3 is 0 Å². The number of aromatic nitrogens is 2. The first-order valence-electron chi connectivity index (χ1n) is 9.00. The van der Waals surface area contributed by atoms with Crippen LogP contribution in [0.2, 0.25) is 0 Å². The van der Waals surface area contributed by atoms with Gasteiger partial charge in [-0.2, -0.15) is 0 Å². The predicted octanol–water partition coefficient (Wildman–Crippen LogP) is 4.99. The number of halogens is 3. The SMILES string of the molecule is Nc1cnc(-c2ccc(C3CCC3)c(OCc3c(F)cccc3F)c2F)cn1. The van der Waals surface area contributed by atoms with Gasteiger partial charge in [0.15, 0.2) is 11.6 Å². The predicted molar refractivity (Wildman–Crippen MR) is 99.1 cm³/mol. The van der Waals surface area contributed by atoms with Gasteiger partial charge in [0.05, 0.1) is 23.7 Å². The fourth-order valence-corrected chi connectivity index (χ4v) is 3.25. The van der Waals surface area contributed by atoms with Crippen molar-refractivity contribution in [1.82, 2.24) is 9.97 Å². The molecule has 0 amide bonds. The molecule has 0 aliphatic heterocycles. The van der Waals surface area contributed by atoms with Crippen molar-refractivity contribution in [2.75, 3.05) is 5.73 Å². The molecule has 2 N–H and O–H groups in total. The number of anilines is 1. The zero-order valence-electron chi connectivity index (χ0n) is 15.0. The second kappa shape index (κ2) is 7.50.